The lowest BCUT2D eigenvalue weighted by atomic mass is 10.0. The summed E-state index contributed by atoms with van der Waals surface area (Å²) in [5.41, 5.74) is 0. The van der Waals surface area contributed by atoms with Gasteiger partial charge in [-0.05, 0) is 24.5 Å². The molecule has 112 valence electrons. The number of nitrogens with one attached hydrogen (secondary N) is 1. The van der Waals surface area contributed by atoms with Gasteiger partial charge in [0.15, 0.2) is 18.2 Å². The van der Waals surface area contributed by atoms with Crippen molar-refractivity contribution in [1.82, 2.24) is 5.32 Å². The summed E-state index contributed by atoms with van der Waals surface area (Å²) in [5, 5.41) is 11.5. The number of ether oxygens (including phenoxy) is 1. The van der Waals surface area contributed by atoms with Crippen molar-refractivity contribution >= 4 is 5.91 Å². The minimum absolute atomic E-state index is 0.0751. The Labute approximate surface area is 116 Å². The third-order valence-electron chi connectivity index (χ3n) is 2.96. The van der Waals surface area contributed by atoms with Crippen LogP contribution in [0.15, 0.2) is 18.2 Å². The van der Waals surface area contributed by atoms with Gasteiger partial charge < -0.3 is 15.2 Å². The number of aliphatic hydroxyl groups is 1. The molecule has 1 atom stereocenters. The van der Waals surface area contributed by atoms with E-state index in [1.807, 2.05) is 6.92 Å². The quantitative estimate of drug-likeness (QED) is 0.767. The maximum atomic E-state index is 13.2. The number of carbonyl (C=O) groups is 1. The zero-order valence-corrected chi connectivity index (χ0v) is 11.4. The Balaban J connectivity index is 2.36. The molecule has 6 heteroatoms. The van der Waals surface area contributed by atoms with Crippen molar-refractivity contribution in [3.63, 3.8) is 0 Å². The fourth-order valence-corrected chi connectivity index (χ4v) is 1.68. The summed E-state index contributed by atoms with van der Waals surface area (Å²) in [7, 11) is 0. The molecule has 0 saturated carbocycles. The molecule has 1 aromatic rings. The molecule has 1 amide bonds. The molecule has 1 aromatic carbocycles. The van der Waals surface area contributed by atoms with Crippen LogP contribution in [0.3, 0.4) is 0 Å². The van der Waals surface area contributed by atoms with Gasteiger partial charge in [-0.3, -0.25) is 4.79 Å². The van der Waals surface area contributed by atoms with Gasteiger partial charge in [0.2, 0.25) is 0 Å². The second-order valence-electron chi connectivity index (χ2n) is 4.45. The first-order chi connectivity index (χ1) is 9.56. The number of aliphatic hydroxyl groups excluding tert-OH is 1. The molecule has 2 N–H and O–H groups in total. The summed E-state index contributed by atoms with van der Waals surface area (Å²) in [4.78, 5) is 11.5. The molecular formula is C14H19F2NO3. The van der Waals surface area contributed by atoms with Crippen molar-refractivity contribution in [3.8, 4) is 5.75 Å². The van der Waals surface area contributed by atoms with Crippen LogP contribution in [0.25, 0.3) is 0 Å². The number of carbonyl (C=O) groups excluding carboxylic acids is 1. The Morgan fingerprint density at radius 2 is 2.20 bits per heavy atom. The van der Waals surface area contributed by atoms with Crippen molar-refractivity contribution in [2.45, 2.75) is 19.8 Å². The highest BCUT2D eigenvalue weighted by molar-refractivity contribution is 5.77. The van der Waals surface area contributed by atoms with Crippen LogP contribution in [-0.2, 0) is 4.79 Å². The molecule has 0 radical (unpaired) electrons. The number of benzene rings is 1. The predicted octanol–water partition coefficient (Wildman–Crippen LogP) is 1.87. The molecular weight excluding hydrogens is 268 g/mol. The fraction of sp³-hybridized carbons (Fsp3) is 0.500. The van der Waals surface area contributed by atoms with Crippen LogP contribution in [-0.4, -0.2) is 30.8 Å². The van der Waals surface area contributed by atoms with Crippen molar-refractivity contribution < 1.29 is 23.4 Å². The summed E-state index contributed by atoms with van der Waals surface area (Å²) in [5.74, 6) is -1.89. The molecule has 0 aromatic heterocycles. The largest absolute Gasteiger partial charge is 0.481 e. The van der Waals surface area contributed by atoms with Crippen LogP contribution in [0.2, 0.25) is 0 Å². The minimum Gasteiger partial charge on any atom is -0.481 e. The van der Waals surface area contributed by atoms with Gasteiger partial charge in [-0.2, -0.15) is 0 Å². The van der Waals surface area contributed by atoms with Gasteiger partial charge >= 0.3 is 0 Å². The zero-order chi connectivity index (χ0) is 15.0. The van der Waals surface area contributed by atoms with Crippen LogP contribution in [0, 0.1) is 17.6 Å². The monoisotopic (exact) mass is 287 g/mol. The van der Waals surface area contributed by atoms with E-state index < -0.39 is 11.6 Å². The molecule has 0 aliphatic rings. The van der Waals surface area contributed by atoms with Gasteiger partial charge in [0.05, 0.1) is 0 Å². The smallest absolute Gasteiger partial charge is 0.257 e. The third kappa shape index (κ3) is 5.52. The first kappa shape index (κ1) is 16.4. The highest BCUT2D eigenvalue weighted by Crippen LogP contribution is 2.17. The molecule has 0 fully saturated rings. The summed E-state index contributed by atoms with van der Waals surface area (Å²) in [6.45, 7) is 2.14. The van der Waals surface area contributed by atoms with Crippen molar-refractivity contribution in [3.05, 3.63) is 29.8 Å². The van der Waals surface area contributed by atoms with Crippen LogP contribution in [0.1, 0.15) is 19.8 Å². The summed E-state index contributed by atoms with van der Waals surface area (Å²) >= 11 is 0. The summed E-state index contributed by atoms with van der Waals surface area (Å²) in [6, 6.07) is 2.89. The van der Waals surface area contributed by atoms with Crippen LogP contribution < -0.4 is 10.1 Å². The Hall–Kier alpha value is -1.69. The van der Waals surface area contributed by atoms with E-state index in [4.69, 9.17) is 9.84 Å². The van der Waals surface area contributed by atoms with Gasteiger partial charge in [0, 0.05) is 19.2 Å². The van der Waals surface area contributed by atoms with Gasteiger partial charge in [0.25, 0.3) is 5.91 Å². The predicted molar refractivity (Wildman–Crippen MR) is 70.3 cm³/mol. The molecule has 0 bridgehead atoms. The molecule has 0 aliphatic heterocycles. The van der Waals surface area contributed by atoms with Crippen molar-refractivity contribution in [1.29, 1.82) is 0 Å². The maximum Gasteiger partial charge on any atom is 0.257 e. The fourth-order valence-electron chi connectivity index (χ4n) is 1.68. The van der Waals surface area contributed by atoms with Crippen molar-refractivity contribution in [2.24, 2.45) is 5.92 Å². The van der Waals surface area contributed by atoms with E-state index in [-0.39, 0.29) is 30.8 Å². The molecule has 0 spiro atoms. The van der Waals surface area contributed by atoms with Crippen LogP contribution >= 0.6 is 0 Å². The average molecular weight is 287 g/mol. The van der Waals surface area contributed by atoms with E-state index in [0.29, 0.717) is 19.0 Å². The standard InChI is InChI=1S/C14H19F2NO3/c1-2-10(5-6-18)8-17-14(19)9-20-13-4-3-11(15)7-12(13)16/h3-4,7,10,18H,2,5-6,8-9H2,1H3,(H,17,19). The Morgan fingerprint density at radius 1 is 1.45 bits per heavy atom. The number of hydrogen-bond donors (Lipinski definition) is 2. The third-order valence-corrected chi connectivity index (χ3v) is 2.96. The van der Waals surface area contributed by atoms with Crippen LogP contribution in [0.5, 0.6) is 5.75 Å². The molecule has 0 saturated heterocycles. The Kier molecular flexibility index (Phi) is 6.93. The maximum absolute atomic E-state index is 13.2. The average Bonchev–Trinajstić information content (AvgIpc) is 2.42. The summed E-state index contributed by atoms with van der Waals surface area (Å²) < 4.78 is 30.9. The first-order valence-electron chi connectivity index (χ1n) is 6.52. The van der Waals surface area contributed by atoms with E-state index in [2.05, 4.69) is 5.32 Å². The number of halogens is 2. The second kappa shape index (κ2) is 8.47. The van der Waals surface area contributed by atoms with E-state index in [1.165, 1.54) is 0 Å². The van der Waals surface area contributed by atoms with E-state index in [1.54, 1.807) is 0 Å². The SMILES string of the molecule is CCC(CCO)CNC(=O)COc1ccc(F)cc1F. The van der Waals surface area contributed by atoms with E-state index in [0.717, 1.165) is 18.6 Å². The molecule has 0 heterocycles. The topological polar surface area (TPSA) is 58.6 Å². The van der Waals surface area contributed by atoms with Gasteiger partial charge in [-0.1, -0.05) is 13.3 Å². The lowest BCUT2D eigenvalue weighted by molar-refractivity contribution is -0.123. The molecule has 20 heavy (non-hydrogen) atoms. The van der Waals surface area contributed by atoms with Gasteiger partial charge in [-0.25, -0.2) is 8.78 Å². The van der Waals surface area contributed by atoms with Gasteiger partial charge in [-0.15, -0.1) is 0 Å². The highest BCUT2D eigenvalue weighted by Gasteiger charge is 2.10. The van der Waals surface area contributed by atoms with E-state index >= 15 is 0 Å². The van der Waals surface area contributed by atoms with E-state index in [9.17, 15) is 13.6 Å². The molecule has 0 aliphatic carbocycles. The second-order valence-corrected chi connectivity index (χ2v) is 4.45. The molecule has 1 rings (SSSR count). The summed E-state index contributed by atoms with van der Waals surface area (Å²) in [6.07, 6.45) is 1.46. The number of rotatable bonds is 8. The normalized spacial score (nSPS) is 12.0. The van der Waals surface area contributed by atoms with Gasteiger partial charge in [0.1, 0.15) is 5.82 Å². The molecule has 4 nitrogen and oxygen atoms in total. The number of hydrogen-bond acceptors (Lipinski definition) is 3. The minimum atomic E-state index is -0.843. The lowest BCUT2D eigenvalue weighted by Gasteiger charge is -2.14. The Morgan fingerprint density at radius 3 is 2.80 bits per heavy atom. The highest BCUT2D eigenvalue weighted by atomic mass is 19.1. The van der Waals surface area contributed by atoms with Crippen molar-refractivity contribution in [2.75, 3.05) is 19.8 Å². The zero-order valence-electron chi connectivity index (χ0n) is 11.4. The molecule has 1 unspecified atom stereocenters. The first-order valence-corrected chi connectivity index (χ1v) is 6.52. The number of amides is 1. The Bertz CT molecular complexity index is 440. The lowest BCUT2D eigenvalue weighted by Crippen LogP contribution is -2.33. The van der Waals surface area contributed by atoms with Crippen LogP contribution in [0.4, 0.5) is 8.78 Å².